The molecule has 28 heavy (non-hydrogen) atoms. The van der Waals surface area contributed by atoms with Crippen molar-refractivity contribution in [1.82, 2.24) is 4.98 Å². The third kappa shape index (κ3) is 3.34. The summed E-state index contributed by atoms with van der Waals surface area (Å²) in [6.07, 6.45) is 1.63. The lowest BCUT2D eigenvalue weighted by molar-refractivity contribution is 0.0982. The lowest BCUT2D eigenvalue weighted by atomic mass is 10.0. The maximum absolute atomic E-state index is 13.5. The molecule has 0 saturated carbocycles. The van der Waals surface area contributed by atoms with Crippen molar-refractivity contribution in [3.8, 4) is 0 Å². The van der Waals surface area contributed by atoms with E-state index in [4.69, 9.17) is 9.40 Å². The fraction of sp³-hybridized carbons (Fsp3) is 0.217. The van der Waals surface area contributed by atoms with Gasteiger partial charge in [0.2, 0.25) is 0 Å². The highest BCUT2D eigenvalue weighted by molar-refractivity contribution is 7.22. The van der Waals surface area contributed by atoms with Crippen LogP contribution in [0, 0.1) is 27.7 Å². The largest absolute Gasteiger partial charge is 0.467 e. The lowest BCUT2D eigenvalue weighted by Gasteiger charge is -2.20. The summed E-state index contributed by atoms with van der Waals surface area (Å²) in [5.41, 5.74) is 6.01. The molecule has 0 aliphatic rings. The highest BCUT2D eigenvalue weighted by Crippen LogP contribution is 2.33. The predicted octanol–water partition coefficient (Wildman–Crippen LogP) is 5.97. The van der Waals surface area contributed by atoms with Gasteiger partial charge in [-0.1, -0.05) is 35.1 Å². The van der Waals surface area contributed by atoms with Crippen molar-refractivity contribution in [1.29, 1.82) is 0 Å². The van der Waals surface area contributed by atoms with E-state index in [0.717, 1.165) is 32.7 Å². The van der Waals surface area contributed by atoms with Gasteiger partial charge in [-0.05, 0) is 68.7 Å². The van der Waals surface area contributed by atoms with E-state index in [1.54, 1.807) is 11.2 Å². The molecule has 5 heteroatoms. The van der Waals surface area contributed by atoms with E-state index in [9.17, 15) is 4.79 Å². The molecule has 2 aromatic heterocycles. The average molecular weight is 391 g/mol. The number of thiazole rings is 1. The maximum atomic E-state index is 13.5. The van der Waals surface area contributed by atoms with Crippen LogP contribution in [-0.2, 0) is 6.54 Å². The molecule has 0 aliphatic heterocycles. The van der Waals surface area contributed by atoms with Crippen molar-refractivity contribution in [3.63, 3.8) is 0 Å². The number of aromatic nitrogens is 1. The molecule has 2 aromatic carbocycles. The molecule has 1 amide bonds. The molecule has 0 fully saturated rings. The number of carbonyl (C=O) groups is 1. The fourth-order valence-electron chi connectivity index (χ4n) is 3.23. The molecule has 2 heterocycles. The smallest absolute Gasteiger partial charge is 0.260 e. The Morgan fingerprint density at radius 2 is 1.86 bits per heavy atom. The Hall–Kier alpha value is -2.92. The summed E-state index contributed by atoms with van der Waals surface area (Å²) in [4.78, 5) is 20.1. The fourth-order valence-corrected chi connectivity index (χ4v) is 4.25. The highest BCUT2D eigenvalue weighted by atomic mass is 32.1. The minimum atomic E-state index is -0.0639. The number of anilines is 1. The Morgan fingerprint density at radius 3 is 2.61 bits per heavy atom. The van der Waals surface area contributed by atoms with E-state index >= 15 is 0 Å². The van der Waals surface area contributed by atoms with Crippen molar-refractivity contribution in [2.24, 2.45) is 0 Å². The second kappa shape index (κ2) is 7.24. The van der Waals surface area contributed by atoms with Crippen LogP contribution in [-0.4, -0.2) is 10.9 Å². The summed E-state index contributed by atoms with van der Waals surface area (Å²) < 4.78 is 6.61. The van der Waals surface area contributed by atoms with E-state index in [0.29, 0.717) is 17.2 Å². The van der Waals surface area contributed by atoms with Crippen molar-refractivity contribution < 1.29 is 9.21 Å². The second-order valence-electron chi connectivity index (χ2n) is 7.14. The lowest BCUT2D eigenvalue weighted by Crippen LogP contribution is -2.30. The van der Waals surface area contributed by atoms with Gasteiger partial charge in [0.25, 0.3) is 5.91 Å². The first kappa shape index (κ1) is 18.4. The zero-order valence-corrected chi connectivity index (χ0v) is 17.3. The van der Waals surface area contributed by atoms with Crippen LogP contribution in [0.5, 0.6) is 0 Å². The van der Waals surface area contributed by atoms with Gasteiger partial charge in [-0.3, -0.25) is 9.69 Å². The quantitative estimate of drug-likeness (QED) is 0.431. The number of hydrogen-bond acceptors (Lipinski definition) is 4. The molecule has 4 aromatic rings. The van der Waals surface area contributed by atoms with Crippen molar-refractivity contribution in [2.45, 2.75) is 34.2 Å². The molecule has 0 unspecified atom stereocenters. The van der Waals surface area contributed by atoms with E-state index in [1.165, 1.54) is 16.9 Å². The van der Waals surface area contributed by atoms with Crippen LogP contribution in [0.2, 0.25) is 0 Å². The van der Waals surface area contributed by atoms with Gasteiger partial charge in [0.15, 0.2) is 5.13 Å². The van der Waals surface area contributed by atoms with Crippen LogP contribution >= 0.6 is 11.3 Å². The number of rotatable bonds is 4. The van der Waals surface area contributed by atoms with Gasteiger partial charge < -0.3 is 4.42 Å². The normalized spacial score (nSPS) is 11.1. The number of aryl methyl sites for hydroxylation is 4. The van der Waals surface area contributed by atoms with Crippen LogP contribution in [0.1, 0.15) is 38.4 Å². The Morgan fingerprint density at radius 1 is 1.07 bits per heavy atom. The Bertz CT molecular complexity index is 1160. The van der Waals surface area contributed by atoms with E-state index < -0.39 is 0 Å². The Labute approximate surface area is 168 Å². The molecule has 0 atom stereocenters. The minimum absolute atomic E-state index is 0.0639. The van der Waals surface area contributed by atoms with Crippen LogP contribution in [0.4, 0.5) is 5.13 Å². The van der Waals surface area contributed by atoms with Gasteiger partial charge in [0, 0.05) is 5.56 Å². The van der Waals surface area contributed by atoms with Gasteiger partial charge in [-0.15, -0.1) is 0 Å². The Kier molecular flexibility index (Phi) is 4.77. The van der Waals surface area contributed by atoms with E-state index in [2.05, 4.69) is 26.0 Å². The summed E-state index contributed by atoms with van der Waals surface area (Å²) in [7, 11) is 0. The van der Waals surface area contributed by atoms with Gasteiger partial charge in [-0.25, -0.2) is 4.98 Å². The number of carbonyl (C=O) groups excluding carboxylic acids is 1. The SMILES string of the molecule is Cc1ccc(C)c(C(=O)N(Cc2ccco2)c2nc3c(C)c(C)ccc3s2)c1. The molecule has 0 aliphatic carbocycles. The van der Waals surface area contributed by atoms with Gasteiger partial charge >= 0.3 is 0 Å². The predicted molar refractivity (Wildman–Crippen MR) is 114 cm³/mol. The van der Waals surface area contributed by atoms with Gasteiger partial charge in [0.05, 0.1) is 23.0 Å². The highest BCUT2D eigenvalue weighted by Gasteiger charge is 2.24. The van der Waals surface area contributed by atoms with Crippen molar-refractivity contribution in [2.75, 3.05) is 4.90 Å². The molecular formula is C23H22N2O2S. The standard InChI is InChI=1S/C23H22N2O2S/c1-14-7-8-16(3)19(12-14)22(26)25(13-18-6-5-11-27-18)23-24-21-17(4)15(2)9-10-20(21)28-23/h5-12H,13H2,1-4H3. The summed E-state index contributed by atoms with van der Waals surface area (Å²) in [6.45, 7) is 8.46. The zero-order chi connectivity index (χ0) is 19.8. The zero-order valence-electron chi connectivity index (χ0n) is 16.4. The first-order chi connectivity index (χ1) is 13.4. The first-order valence-electron chi connectivity index (χ1n) is 9.22. The number of amides is 1. The van der Waals surface area contributed by atoms with E-state index in [-0.39, 0.29) is 5.91 Å². The van der Waals surface area contributed by atoms with Crippen molar-refractivity contribution >= 4 is 32.6 Å². The van der Waals surface area contributed by atoms with E-state index in [1.807, 2.05) is 44.2 Å². The van der Waals surface area contributed by atoms with Crippen LogP contribution < -0.4 is 4.90 Å². The summed E-state index contributed by atoms with van der Waals surface area (Å²) in [6, 6.07) is 13.8. The molecule has 0 bridgehead atoms. The molecule has 142 valence electrons. The third-order valence-corrected chi connectivity index (χ3v) is 6.11. The topological polar surface area (TPSA) is 46.3 Å². The number of benzene rings is 2. The average Bonchev–Trinajstić information content (AvgIpc) is 3.34. The number of furan rings is 1. The maximum Gasteiger partial charge on any atom is 0.260 e. The molecule has 4 nitrogen and oxygen atoms in total. The molecular weight excluding hydrogens is 368 g/mol. The van der Waals surface area contributed by atoms with Gasteiger partial charge in [0.1, 0.15) is 5.76 Å². The molecule has 4 rings (SSSR count). The van der Waals surface area contributed by atoms with Crippen LogP contribution in [0.25, 0.3) is 10.2 Å². The summed E-state index contributed by atoms with van der Waals surface area (Å²) >= 11 is 1.54. The summed E-state index contributed by atoms with van der Waals surface area (Å²) in [5.74, 6) is 0.664. The molecule has 0 radical (unpaired) electrons. The molecule has 0 saturated heterocycles. The Balaban J connectivity index is 1.83. The second-order valence-corrected chi connectivity index (χ2v) is 8.15. The number of hydrogen-bond donors (Lipinski definition) is 0. The minimum Gasteiger partial charge on any atom is -0.467 e. The van der Waals surface area contributed by atoms with Crippen LogP contribution in [0.3, 0.4) is 0 Å². The first-order valence-corrected chi connectivity index (χ1v) is 10.0. The van der Waals surface area contributed by atoms with Gasteiger partial charge in [-0.2, -0.15) is 0 Å². The van der Waals surface area contributed by atoms with Crippen LogP contribution in [0.15, 0.2) is 53.1 Å². The monoisotopic (exact) mass is 390 g/mol. The molecule has 0 spiro atoms. The number of fused-ring (bicyclic) bond motifs is 1. The third-order valence-electron chi connectivity index (χ3n) is 5.07. The number of nitrogens with zero attached hydrogens (tertiary/aromatic N) is 2. The summed E-state index contributed by atoms with van der Waals surface area (Å²) in [5, 5.41) is 0.686. The molecule has 0 N–H and O–H groups in total. The van der Waals surface area contributed by atoms with Crippen molar-refractivity contribution in [3.05, 3.63) is 82.3 Å².